The van der Waals surface area contributed by atoms with E-state index in [0.29, 0.717) is 11.1 Å². The molecule has 1 fully saturated rings. The normalized spacial score (nSPS) is 21.5. The van der Waals surface area contributed by atoms with Crippen LogP contribution in [0.4, 0.5) is 0 Å². The Balaban J connectivity index is 0.000000774. The third-order valence-corrected chi connectivity index (χ3v) is 3.71. The summed E-state index contributed by atoms with van der Waals surface area (Å²) in [4.78, 5) is 47.4. The highest BCUT2D eigenvalue weighted by molar-refractivity contribution is 6.28. The Kier molecular flexibility index (Phi) is 4.31. The fourth-order valence-corrected chi connectivity index (χ4v) is 2.76. The summed E-state index contributed by atoms with van der Waals surface area (Å²) < 4.78 is 0. The van der Waals surface area contributed by atoms with Gasteiger partial charge in [0.2, 0.25) is 11.8 Å². The van der Waals surface area contributed by atoms with Crippen LogP contribution in [0.25, 0.3) is 0 Å². The first-order valence-corrected chi connectivity index (χ1v) is 7.11. The van der Waals surface area contributed by atoms with Crippen LogP contribution in [0, 0.1) is 11.8 Å². The molecule has 5 heteroatoms. The van der Waals surface area contributed by atoms with Gasteiger partial charge in [-0.25, -0.2) is 0 Å². The first-order valence-electron chi connectivity index (χ1n) is 7.11. The molecule has 3 rings (SSSR count). The van der Waals surface area contributed by atoms with Crippen LogP contribution in [0.3, 0.4) is 0 Å². The average Bonchev–Trinajstić information content (AvgIpc) is 2.75. The number of benzene rings is 1. The lowest BCUT2D eigenvalue weighted by Gasteiger charge is -2.23. The number of carbonyl (C=O) groups excluding carboxylic acids is 4. The highest BCUT2D eigenvalue weighted by Crippen LogP contribution is 2.34. The first kappa shape index (κ1) is 15.1. The SMILES string of the molecule is CC.O=C1CCC(C2C(=O)c3ccccc3C2=O)C(=O)N1. The molecule has 0 bridgehead atoms. The minimum atomic E-state index is -0.967. The lowest BCUT2D eigenvalue weighted by atomic mass is 9.82. The molecule has 0 saturated carbocycles. The van der Waals surface area contributed by atoms with Crippen LogP contribution in [-0.2, 0) is 9.59 Å². The topological polar surface area (TPSA) is 80.3 Å². The van der Waals surface area contributed by atoms with Gasteiger partial charge >= 0.3 is 0 Å². The maximum absolute atomic E-state index is 12.2. The van der Waals surface area contributed by atoms with E-state index >= 15 is 0 Å². The van der Waals surface area contributed by atoms with Crippen LogP contribution in [0.2, 0.25) is 0 Å². The second-order valence-electron chi connectivity index (χ2n) is 4.81. The highest BCUT2D eigenvalue weighted by atomic mass is 16.2. The van der Waals surface area contributed by atoms with Crippen LogP contribution in [-0.4, -0.2) is 23.4 Å². The number of nitrogens with one attached hydrogen (secondary N) is 1. The van der Waals surface area contributed by atoms with Gasteiger partial charge in [0.15, 0.2) is 11.6 Å². The quantitative estimate of drug-likeness (QED) is 0.630. The molecule has 1 aromatic rings. The van der Waals surface area contributed by atoms with E-state index in [-0.39, 0.29) is 30.3 Å². The monoisotopic (exact) mass is 287 g/mol. The molecule has 1 atom stereocenters. The second-order valence-corrected chi connectivity index (χ2v) is 4.81. The molecule has 110 valence electrons. The Hall–Kier alpha value is -2.30. The summed E-state index contributed by atoms with van der Waals surface area (Å²) in [5.41, 5.74) is 0.754. The number of imide groups is 1. The predicted molar refractivity (Wildman–Crippen MR) is 75.8 cm³/mol. The molecule has 2 aliphatic rings. The van der Waals surface area contributed by atoms with E-state index in [1.165, 1.54) is 0 Å². The van der Waals surface area contributed by atoms with Gasteiger partial charge in [-0.1, -0.05) is 38.1 Å². The van der Waals surface area contributed by atoms with Crippen LogP contribution < -0.4 is 5.32 Å². The molecular formula is C16H17NO4. The van der Waals surface area contributed by atoms with E-state index in [0.717, 1.165) is 0 Å². The Morgan fingerprint density at radius 3 is 1.95 bits per heavy atom. The summed E-state index contributed by atoms with van der Waals surface area (Å²) in [5, 5.41) is 2.19. The molecule has 1 unspecified atom stereocenters. The standard InChI is InChI=1S/C14H11NO4.C2H6/c16-10-6-5-9(14(19)15-10)11-12(17)7-3-1-2-4-8(7)13(11)18;1-2/h1-4,9,11H,5-6H2,(H,15,16,19);1-2H3. The van der Waals surface area contributed by atoms with Crippen molar-refractivity contribution in [2.75, 3.05) is 0 Å². The Labute approximate surface area is 122 Å². The zero-order valence-electron chi connectivity index (χ0n) is 12.0. The largest absolute Gasteiger partial charge is 0.296 e. The molecule has 1 aromatic carbocycles. The molecule has 0 spiro atoms. The van der Waals surface area contributed by atoms with E-state index in [1.807, 2.05) is 13.8 Å². The van der Waals surface area contributed by atoms with Crippen molar-refractivity contribution >= 4 is 23.4 Å². The number of amides is 2. The van der Waals surface area contributed by atoms with E-state index in [9.17, 15) is 19.2 Å². The lowest BCUT2D eigenvalue weighted by Crippen LogP contribution is -2.46. The average molecular weight is 287 g/mol. The molecule has 1 saturated heterocycles. The molecule has 21 heavy (non-hydrogen) atoms. The van der Waals surface area contributed by atoms with Gasteiger partial charge in [0, 0.05) is 17.5 Å². The third-order valence-electron chi connectivity index (χ3n) is 3.71. The number of hydrogen-bond acceptors (Lipinski definition) is 4. The molecule has 1 aliphatic heterocycles. The Bertz CT molecular complexity index is 585. The van der Waals surface area contributed by atoms with Crippen molar-refractivity contribution in [2.24, 2.45) is 11.8 Å². The zero-order chi connectivity index (χ0) is 15.6. The van der Waals surface area contributed by atoms with Gasteiger partial charge in [-0.3, -0.25) is 24.5 Å². The van der Waals surface area contributed by atoms with Crippen molar-refractivity contribution in [3.05, 3.63) is 35.4 Å². The van der Waals surface area contributed by atoms with Crippen molar-refractivity contribution in [3.63, 3.8) is 0 Å². The number of fused-ring (bicyclic) bond motifs is 1. The van der Waals surface area contributed by atoms with E-state index in [1.54, 1.807) is 24.3 Å². The number of Topliss-reactive ketones (excluding diaryl/α,β-unsaturated/α-hetero) is 2. The van der Waals surface area contributed by atoms with Crippen LogP contribution in [0.15, 0.2) is 24.3 Å². The van der Waals surface area contributed by atoms with Gasteiger partial charge in [0.05, 0.1) is 11.8 Å². The first-order chi connectivity index (χ1) is 10.1. The molecular weight excluding hydrogens is 270 g/mol. The lowest BCUT2D eigenvalue weighted by molar-refractivity contribution is -0.137. The highest BCUT2D eigenvalue weighted by Gasteiger charge is 2.47. The molecule has 1 heterocycles. The van der Waals surface area contributed by atoms with Crippen molar-refractivity contribution in [3.8, 4) is 0 Å². The van der Waals surface area contributed by atoms with Crippen LogP contribution in [0.5, 0.6) is 0 Å². The number of carbonyl (C=O) groups is 4. The van der Waals surface area contributed by atoms with Gasteiger partial charge in [-0.05, 0) is 6.42 Å². The van der Waals surface area contributed by atoms with Crippen molar-refractivity contribution in [1.82, 2.24) is 5.32 Å². The maximum atomic E-state index is 12.2. The summed E-state index contributed by atoms with van der Waals surface area (Å²) in [6.45, 7) is 4.00. The molecule has 2 amide bonds. The van der Waals surface area contributed by atoms with Gasteiger partial charge < -0.3 is 0 Å². The van der Waals surface area contributed by atoms with Gasteiger partial charge in [-0.15, -0.1) is 0 Å². The summed E-state index contributed by atoms with van der Waals surface area (Å²) >= 11 is 0. The third kappa shape index (κ3) is 2.51. The molecule has 0 aromatic heterocycles. The van der Waals surface area contributed by atoms with Gasteiger partial charge in [0.25, 0.3) is 0 Å². The van der Waals surface area contributed by atoms with Crippen molar-refractivity contribution in [2.45, 2.75) is 26.7 Å². The number of piperidine rings is 1. The Morgan fingerprint density at radius 2 is 1.48 bits per heavy atom. The van der Waals surface area contributed by atoms with E-state index < -0.39 is 17.7 Å². The maximum Gasteiger partial charge on any atom is 0.230 e. The second kappa shape index (κ2) is 5.99. The Morgan fingerprint density at radius 1 is 0.952 bits per heavy atom. The summed E-state index contributed by atoms with van der Waals surface area (Å²) in [6, 6.07) is 6.58. The number of ketones is 2. The zero-order valence-corrected chi connectivity index (χ0v) is 12.0. The number of hydrogen-bond donors (Lipinski definition) is 1. The molecule has 5 nitrogen and oxygen atoms in total. The fourth-order valence-electron chi connectivity index (χ4n) is 2.76. The van der Waals surface area contributed by atoms with Crippen LogP contribution in [0.1, 0.15) is 47.4 Å². The molecule has 0 radical (unpaired) electrons. The fraction of sp³-hybridized carbons (Fsp3) is 0.375. The van der Waals surface area contributed by atoms with E-state index in [4.69, 9.17) is 0 Å². The smallest absolute Gasteiger partial charge is 0.230 e. The molecule has 1 aliphatic carbocycles. The summed E-state index contributed by atoms with van der Waals surface area (Å²) in [6.07, 6.45) is 0.421. The van der Waals surface area contributed by atoms with Crippen molar-refractivity contribution in [1.29, 1.82) is 0 Å². The minimum Gasteiger partial charge on any atom is -0.296 e. The van der Waals surface area contributed by atoms with Crippen LogP contribution >= 0.6 is 0 Å². The minimum absolute atomic E-state index is 0.170. The number of rotatable bonds is 1. The van der Waals surface area contributed by atoms with Gasteiger partial charge in [0.1, 0.15) is 0 Å². The summed E-state index contributed by atoms with van der Waals surface area (Å²) in [7, 11) is 0. The molecule has 1 N–H and O–H groups in total. The van der Waals surface area contributed by atoms with E-state index in [2.05, 4.69) is 5.32 Å². The summed E-state index contributed by atoms with van der Waals surface area (Å²) in [5.74, 6) is -3.19. The van der Waals surface area contributed by atoms with Gasteiger partial charge in [-0.2, -0.15) is 0 Å². The predicted octanol–water partition coefficient (Wildman–Crippen LogP) is 1.76. The van der Waals surface area contributed by atoms with Crippen molar-refractivity contribution < 1.29 is 19.2 Å².